The summed E-state index contributed by atoms with van der Waals surface area (Å²) in [6, 6.07) is 7.90. The molecule has 1 atom stereocenters. The van der Waals surface area contributed by atoms with Crippen molar-refractivity contribution < 1.29 is 4.79 Å². The van der Waals surface area contributed by atoms with E-state index < -0.39 is 0 Å². The predicted octanol–water partition coefficient (Wildman–Crippen LogP) is 2.32. The topological polar surface area (TPSA) is 62.5 Å². The van der Waals surface area contributed by atoms with Gasteiger partial charge in [0.05, 0.1) is 18.7 Å². The fraction of sp³-hybridized carbons (Fsp3) is 0.353. The van der Waals surface area contributed by atoms with Crippen molar-refractivity contribution in [1.82, 2.24) is 19.9 Å². The second-order valence-corrected chi connectivity index (χ2v) is 7.02. The van der Waals surface area contributed by atoms with E-state index in [4.69, 9.17) is 0 Å². The highest BCUT2D eigenvalue weighted by atomic mass is 32.1. The van der Waals surface area contributed by atoms with Crippen molar-refractivity contribution in [3.8, 4) is 0 Å². The molecular formula is C17H19N5OS. The summed E-state index contributed by atoms with van der Waals surface area (Å²) in [5.41, 5.74) is 0.830. The van der Waals surface area contributed by atoms with E-state index >= 15 is 0 Å². The second-order valence-electron chi connectivity index (χ2n) is 5.99. The lowest BCUT2D eigenvalue weighted by Gasteiger charge is -2.33. The molecule has 0 aliphatic carbocycles. The zero-order chi connectivity index (χ0) is 16.4. The van der Waals surface area contributed by atoms with Gasteiger partial charge in [-0.3, -0.25) is 4.79 Å². The molecule has 1 fully saturated rings. The zero-order valence-corrected chi connectivity index (χ0v) is 14.1. The highest BCUT2D eigenvalue weighted by Crippen LogP contribution is 2.23. The number of piperidine rings is 1. The van der Waals surface area contributed by atoms with Crippen molar-refractivity contribution in [3.63, 3.8) is 0 Å². The monoisotopic (exact) mass is 341 g/mol. The third kappa shape index (κ3) is 2.99. The van der Waals surface area contributed by atoms with Crippen LogP contribution in [0.5, 0.6) is 0 Å². The Hall–Kier alpha value is -2.41. The molecule has 1 N–H and O–H groups in total. The smallest absolute Gasteiger partial charge is 0.225 e. The van der Waals surface area contributed by atoms with Crippen LogP contribution in [0.25, 0.3) is 5.65 Å². The van der Waals surface area contributed by atoms with Crippen molar-refractivity contribution in [2.24, 2.45) is 5.92 Å². The lowest BCUT2D eigenvalue weighted by Crippen LogP contribution is -2.43. The number of hydrogen-bond acceptors (Lipinski definition) is 5. The molecule has 0 saturated carbocycles. The summed E-state index contributed by atoms with van der Waals surface area (Å²) in [6.07, 6.45) is 5.48. The Morgan fingerprint density at radius 1 is 1.33 bits per heavy atom. The molecule has 124 valence electrons. The van der Waals surface area contributed by atoms with E-state index in [0.717, 1.165) is 37.4 Å². The van der Waals surface area contributed by atoms with Crippen LogP contribution in [0, 0.1) is 5.92 Å². The van der Waals surface area contributed by atoms with Gasteiger partial charge >= 0.3 is 0 Å². The maximum Gasteiger partial charge on any atom is 0.225 e. The fourth-order valence-electron chi connectivity index (χ4n) is 3.19. The van der Waals surface area contributed by atoms with Gasteiger partial charge in [-0.2, -0.15) is 9.61 Å². The summed E-state index contributed by atoms with van der Waals surface area (Å²) < 4.78 is 1.84. The third-order valence-electron chi connectivity index (χ3n) is 4.40. The first kappa shape index (κ1) is 15.1. The van der Waals surface area contributed by atoms with Gasteiger partial charge in [0.15, 0.2) is 5.65 Å². The summed E-state index contributed by atoms with van der Waals surface area (Å²) >= 11 is 1.67. The number of carbonyl (C=O) groups is 1. The van der Waals surface area contributed by atoms with Crippen LogP contribution in [0.3, 0.4) is 0 Å². The van der Waals surface area contributed by atoms with E-state index in [1.807, 2.05) is 34.2 Å². The highest BCUT2D eigenvalue weighted by Gasteiger charge is 2.27. The van der Waals surface area contributed by atoms with Gasteiger partial charge in [0.25, 0.3) is 0 Å². The molecule has 1 aliphatic heterocycles. The largest absolute Gasteiger partial charge is 0.356 e. The first-order chi connectivity index (χ1) is 11.8. The van der Waals surface area contributed by atoms with E-state index in [2.05, 4.69) is 20.3 Å². The second kappa shape index (κ2) is 6.60. The number of thiophene rings is 1. The summed E-state index contributed by atoms with van der Waals surface area (Å²) in [6.45, 7) is 2.27. The van der Waals surface area contributed by atoms with E-state index in [-0.39, 0.29) is 11.8 Å². The minimum absolute atomic E-state index is 0.0116. The molecular weight excluding hydrogens is 322 g/mol. The predicted molar refractivity (Wildman–Crippen MR) is 94.1 cm³/mol. The Bertz CT molecular complexity index is 829. The number of rotatable bonds is 4. The van der Waals surface area contributed by atoms with Gasteiger partial charge in [0.2, 0.25) is 5.91 Å². The van der Waals surface area contributed by atoms with E-state index in [1.165, 1.54) is 4.88 Å². The van der Waals surface area contributed by atoms with Crippen LogP contribution >= 0.6 is 11.3 Å². The molecule has 0 aromatic carbocycles. The van der Waals surface area contributed by atoms with Crippen molar-refractivity contribution in [3.05, 3.63) is 46.9 Å². The number of aromatic nitrogens is 3. The van der Waals surface area contributed by atoms with Crippen LogP contribution in [0.15, 0.2) is 42.0 Å². The first-order valence-electron chi connectivity index (χ1n) is 8.15. The number of anilines is 1. The van der Waals surface area contributed by atoms with Gasteiger partial charge in [-0.25, -0.2) is 4.98 Å². The summed E-state index contributed by atoms with van der Waals surface area (Å²) in [4.78, 5) is 20.2. The molecule has 4 rings (SSSR count). The van der Waals surface area contributed by atoms with Crippen LogP contribution in [0.1, 0.15) is 17.7 Å². The highest BCUT2D eigenvalue weighted by molar-refractivity contribution is 7.09. The van der Waals surface area contributed by atoms with Gasteiger partial charge in [-0.15, -0.1) is 11.3 Å². The molecule has 0 radical (unpaired) electrons. The molecule has 24 heavy (non-hydrogen) atoms. The normalized spacial score (nSPS) is 18.0. The van der Waals surface area contributed by atoms with Gasteiger partial charge in [0.1, 0.15) is 5.82 Å². The first-order valence-corrected chi connectivity index (χ1v) is 9.03. The third-order valence-corrected chi connectivity index (χ3v) is 5.28. The van der Waals surface area contributed by atoms with Gasteiger partial charge in [0, 0.05) is 30.2 Å². The van der Waals surface area contributed by atoms with Crippen molar-refractivity contribution in [2.75, 3.05) is 18.0 Å². The molecule has 7 heteroatoms. The van der Waals surface area contributed by atoms with Gasteiger partial charge in [-0.1, -0.05) is 6.07 Å². The fourth-order valence-corrected chi connectivity index (χ4v) is 3.84. The lowest BCUT2D eigenvalue weighted by atomic mass is 9.97. The minimum Gasteiger partial charge on any atom is -0.356 e. The quantitative estimate of drug-likeness (QED) is 0.791. The Morgan fingerprint density at radius 3 is 3.17 bits per heavy atom. The van der Waals surface area contributed by atoms with Crippen LogP contribution in [0.4, 0.5) is 5.82 Å². The average Bonchev–Trinajstić information content (AvgIpc) is 3.30. The Kier molecular flexibility index (Phi) is 4.17. The SMILES string of the molecule is O=C(NCc1cccs1)C1CCCN(c2ccnc3ccnn23)C1. The Morgan fingerprint density at radius 2 is 2.29 bits per heavy atom. The van der Waals surface area contributed by atoms with E-state index in [0.29, 0.717) is 6.54 Å². The average molecular weight is 341 g/mol. The van der Waals surface area contributed by atoms with E-state index in [1.54, 1.807) is 23.7 Å². The maximum absolute atomic E-state index is 12.5. The zero-order valence-electron chi connectivity index (χ0n) is 13.3. The number of fused-ring (bicyclic) bond motifs is 1. The van der Waals surface area contributed by atoms with Crippen LogP contribution in [0.2, 0.25) is 0 Å². The Balaban J connectivity index is 1.45. The van der Waals surface area contributed by atoms with Crippen molar-refractivity contribution >= 4 is 28.7 Å². The summed E-state index contributed by atoms with van der Waals surface area (Å²) in [5, 5.41) is 9.45. The lowest BCUT2D eigenvalue weighted by molar-refractivity contribution is -0.125. The summed E-state index contributed by atoms with van der Waals surface area (Å²) in [5.74, 6) is 1.15. The molecule has 6 nitrogen and oxygen atoms in total. The molecule has 1 aliphatic rings. The molecule has 0 bridgehead atoms. The molecule has 3 aromatic rings. The van der Waals surface area contributed by atoms with Crippen LogP contribution in [-0.2, 0) is 11.3 Å². The van der Waals surface area contributed by atoms with Gasteiger partial charge < -0.3 is 10.2 Å². The minimum atomic E-state index is 0.0116. The molecule has 4 heterocycles. The number of nitrogens with zero attached hydrogens (tertiary/aromatic N) is 4. The van der Waals surface area contributed by atoms with Gasteiger partial charge in [-0.05, 0) is 30.4 Å². The Labute approximate surface area is 144 Å². The standard InChI is InChI=1S/C17H19N5OS/c23-17(19-11-14-4-2-10-24-14)13-3-1-9-21(12-13)16-6-7-18-15-5-8-20-22(15)16/h2,4-8,10,13H,1,3,9,11-12H2,(H,19,23). The molecule has 1 unspecified atom stereocenters. The van der Waals surface area contributed by atoms with Crippen LogP contribution in [-0.4, -0.2) is 33.6 Å². The molecule has 3 aromatic heterocycles. The van der Waals surface area contributed by atoms with Crippen LogP contribution < -0.4 is 10.2 Å². The van der Waals surface area contributed by atoms with E-state index in [9.17, 15) is 4.79 Å². The molecule has 1 saturated heterocycles. The number of amides is 1. The number of hydrogen-bond donors (Lipinski definition) is 1. The molecule has 1 amide bonds. The van der Waals surface area contributed by atoms with Crippen molar-refractivity contribution in [1.29, 1.82) is 0 Å². The number of nitrogens with one attached hydrogen (secondary N) is 1. The maximum atomic E-state index is 12.5. The molecule has 0 spiro atoms. The van der Waals surface area contributed by atoms with Crippen molar-refractivity contribution in [2.45, 2.75) is 19.4 Å². The summed E-state index contributed by atoms with van der Waals surface area (Å²) in [7, 11) is 0. The number of carbonyl (C=O) groups excluding carboxylic acids is 1.